The Kier molecular flexibility index (Phi) is 9.15. The summed E-state index contributed by atoms with van der Waals surface area (Å²) in [6.07, 6.45) is 2.64. The number of pyridine rings is 2. The van der Waals surface area contributed by atoms with Crippen LogP contribution in [0.4, 0.5) is 34.9 Å². The summed E-state index contributed by atoms with van der Waals surface area (Å²) >= 11 is 0. The lowest BCUT2D eigenvalue weighted by molar-refractivity contribution is -0.0906. The third-order valence-electron chi connectivity index (χ3n) is 6.68. The van der Waals surface area contributed by atoms with Crippen LogP contribution in [0.5, 0.6) is 0 Å². The number of alkyl halides is 3. The lowest BCUT2D eigenvalue weighted by Gasteiger charge is -2.27. The molecule has 40 heavy (non-hydrogen) atoms. The van der Waals surface area contributed by atoms with Crippen molar-refractivity contribution in [2.24, 2.45) is 0 Å². The zero-order valence-electron chi connectivity index (χ0n) is 21.9. The van der Waals surface area contributed by atoms with E-state index in [9.17, 15) is 17.6 Å². The predicted octanol–water partition coefficient (Wildman–Crippen LogP) is 6.28. The number of anilines is 3. The number of piperidine rings is 1. The van der Waals surface area contributed by atoms with Crippen molar-refractivity contribution in [2.75, 3.05) is 29.5 Å². The number of likely N-dealkylation sites (tertiary alicyclic amines) is 1. The van der Waals surface area contributed by atoms with Gasteiger partial charge in [-0.25, -0.2) is 14.4 Å². The fourth-order valence-corrected chi connectivity index (χ4v) is 4.60. The molecule has 0 spiro atoms. The zero-order valence-corrected chi connectivity index (χ0v) is 21.9. The van der Waals surface area contributed by atoms with Gasteiger partial charge in [-0.2, -0.15) is 13.2 Å². The molecule has 0 atom stereocenters. The number of halogens is 4. The maximum Gasteiger partial charge on any atom is 0.432 e. The lowest BCUT2D eigenvalue weighted by atomic mass is 9.99. The summed E-state index contributed by atoms with van der Waals surface area (Å²) in [4.78, 5) is 10.3. The summed E-state index contributed by atoms with van der Waals surface area (Å²) < 4.78 is 55.6. The topological polar surface area (TPSA) is 103 Å². The predicted molar refractivity (Wildman–Crippen MR) is 149 cm³/mol. The standard InChI is InChI=1S/C29H31F4N7/c1-19(23(17-34)26(29(31,32)33)39-28-25(30)6-5-12-37-28)38-22-9-7-20(8-10-22)16-21-11-13-36-27(35)24(21)18-40-14-3-2-4-15-40/h5-13,17,34,38H,1-4,14-16,18H2,(H2,35,36)(H,37,39)/b26-23+,34-17?. The summed E-state index contributed by atoms with van der Waals surface area (Å²) in [5.41, 5.74) is 7.64. The number of nitrogens with one attached hydrogen (secondary N) is 3. The van der Waals surface area contributed by atoms with Crippen LogP contribution in [-0.4, -0.2) is 40.3 Å². The Morgan fingerprint density at radius 2 is 1.75 bits per heavy atom. The Balaban J connectivity index is 1.50. The van der Waals surface area contributed by atoms with Crippen LogP contribution in [0.1, 0.15) is 36.0 Å². The first-order valence-electron chi connectivity index (χ1n) is 12.8. The monoisotopic (exact) mass is 553 g/mol. The Morgan fingerprint density at radius 1 is 1.02 bits per heavy atom. The number of hydrogen-bond acceptors (Lipinski definition) is 7. The molecule has 2 aromatic heterocycles. The number of aromatic nitrogens is 2. The average molecular weight is 554 g/mol. The quantitative estimate of drug-likeness (QED) is 0.134. The van der Waals surface area contributed by atoms with Gasteiger partial charge in [0.05, 0.1) is 0 Å². The van der Waals surface area contributed by atoms with Crippen LogP contribution in [0.2, 0.25) is 0 Å². The Morgan fingerprint density at radius 3 is 2.40 bits per heavy atom. The fourth-order valence-electron chi connectivity index (χ4n) is 4.60. The minimum Gasteiger partial charge on any atom is -0.383 e. The van der Waals surface area contributed by atoms with Crippen molar-refractivity contribution in [1.29, 1.82) is 5.41 Å². The van der Waals surface area contributed by atoms with Crippen molar-refractivity contribution in [1.82, 2.24) is 14.9 Å². The summed E-state index contributed by atoms with van der Waals surface area (Å²) in [6, 6.07) is 11.4. The van der Waals surface area contributed by atoms with Gasteiger partial charge in [-0.1, -0.05) is 25.1 Å². The van der Waals surface area contributed by atoms with Crippen LogP contribution in [0, 0.1) is 11.2 Å². The molecule has 7 nitrogen and oxygen atoms in total. The zero-order chi connectivity index (χ0) is 28.7. The molecule has 0 unspecified atom stereocenters. The minimum absolute atomic E-state index is 0.190. The molecule has 0 aliphatic carbocycles. The van der Waals surface area contributed by atoms with Gasteiger partial charge >= 0.3 is 6.18 Å². The first-order valence-corrected chi connectivity index (χ1v) is 12.8. The van der Waals surface area contributed by atoms with Crippen molar-refractivity contribution >= 4 is 23.5 Å². The molecular formula is C29H31F4N7. The molecule has 0 radical (unpaired) electrons. The molecule has 1 fully saturated rings. The third-order valence-corrected chi connectivity index (χ3v) is 6.68. The molecule has 1 aliphatic rings. The van der Waals surface area contributed by atoms with E-state index >= 15 is 0 Å². The second-order valence-electron chi connectivity index (χ2n) is 9.54. The van der Waals surface area contributed by atoms with E-state index in [2.05, 4.69) is 26.8 Å². The molecule has 0 amide bonds. The second-order valence-corrected chi connectivity index (χ2v) is 9.54. The molecule has 1 aliphatic heterocycles. The van der Waals surface area contributed by atoms with Gasteiger partial charge in [-0.05, 0) is 73.8 Å². The van der Waals surface area contributed by atoms with Gasteiger partial charge in [-0.3, -0.25) is 4.90 Å². The fraction of sp³-hybridized carbons (Fsp3) is 0.276. The summed E-state index contributed by atoms with van der Waals surface area (Å²) in [7, 11) is 0. The molecule has 1 saturated heterocycles. The van der Waals surface area contributed by atoms with E-state index < -0.39 is 29.1 Å². The number of nitrogens with two attached hydrogens (primary N) is 1. The summed E-state index contributed by atoms with van der Waals surface area (Å²) in [5, 5.41) is 12.4. The highest BCUT2D eigenvalue weighted by Crippen LogP contribution is 2.32. The van der Waals surface area contributed by atoms with Crippen LogP contribution in [-0.2, 0) is 13.0 Å². The molecule has 11 heteroatoms. The van der Waals surface area contributed by atoms with Crippen LogP contribution >= 0.6 is 0 Å². The van der Waals surface area contributed by atoms with Gasteiger partial charge in [0.1, 0.15) is 11.5 Å². The number of rotatable bonds is 10. The SMILES string of the molecule is C=C(Nc1ccc(Cc2ccnc(N)c2CN2CCCCC2)cc1)/C(C=N)=C(/Nc1ncccc1F)C(F)(F)F. The van der Waals surface area contributed by atoms with Gasteiger partial charge in [0.2, 0.25) is 0 Å². The van der Waals surface area contributed by atoms with E-state index in [0.29, 0.717) is 24.1 Å². The van der Waals surface area contributed by atoms with Crippen LogP contribution in [0.25, 0.3) is 0 Å². The average Bonchev–Trinajstić information content (AvgIpc) is 2.92. The van der Waals surface area contributed by atoms with Gasteiger partial charge in [0.25, 0.3) is 0 Å². The van der Waals surface area contributed by atoms with Gasteiger partial charge < -0.3 is 21.8 Å². The molecule has 1 aromatic carbocycles. The van der Waals surface area contributed by atoms with E-state index in [0.717, 1.165) is 48.6 Å². The molecule has 3 aromatic rings. The lowest BCUT2D eigenvalue weighted by Crippen LogP contribution is -2.30. The van der Waals surface area contributed by atoms with Crippen molar-refractivity contribution in [2.45, 2.75) is 38.4 Å². The highest BCUT2D eigenvalue weighted by molar-refractivity contribution is 5.86. The molecular weight excluding hydrogens is 522 g/mol. The number of allylic oxidation sites excluding steroid dienone is 2. The molecule has 3 heterocycles. The largest absolute Gasteiger partial charge is 0.432 e. The molecule has 0 bridgehead atoms. The highest BCUT2D eigenvalue weighted by atomic mass is 19.4. The van der Waals surface area contributed by atoms with Crippen molar-refractivity contribution in [3.63, 3.8) is 0 Å². The maximum absolute atomic E-state index is 14.0. The van der Waals surface area contributed by atoms with E-state index in [1.807, 2.05) is 23.5 Å². The Labute approximate surface area is 230 Å². The minimum atomic E-state index is -4.93. The summed E-state index contributed by atoms with van der Waals surface area (Å²) in [5.74, 6) is -1.05. The molecule has 210 valence electrons. The number of nitrogen functional groups attached to an aromatic ring is 1. The number of hydrogen-bond donors (Lipinski definition) is 4. The second kappa shape index (κ2) is 12.7. The maximum atomic E-state index is 14.0. The normalized spacial score (nSPS) is 14.8. The highest BCUT2D eigenvalue weighted by Gasteiger charge is 2.37. The first-order chi connectivity index (χ1) is 19.2. The van der Waals surface area contributed by atoms with E-state index in [4.69, 9.17) is 11.1 Å². The van der Waals surface area contributed by atoms with Crippen LogP contribution < -0.4 is 16.4 Å². The molecule has 5 N–H and O–H groups in total. The Bertz CT molecular complexity index is 1380. The molecule has 0 saturated carbocycles. The van der Waals surface area contributed by atoms with E-state index in [-0.39, 0.29) is 5.70 Å². The van der Waals surface area contributed by atoms with Gasteiger partial charge in [-0.15, -0.1) is 0 Å². The Hall–Kier alpha value is -4.25. The van der Waals surface area contributed by atoms with Crippen LogP contribution in [0.15, 0.2) is 78.4 Å². The first kappa shape index (κ1) is 28.8. The summed E-state index contributed by atoms with van der Waals surface area (Å²) in [6.45, 7) is 6.50. The van der Waals surface area contributed by atoms with Gasteiger partial charge in [0.15, 0.2) is 11.6 Å². The third kappa shape index (κ3) is 7.23. The van der Waals surface area contributed by atoms with Crippen molar-refractivity contribution < 1.29 is 17.6 Å². The van der Waals surface area contributed by atoms with Crippen molar-refractivity contribution in [3.05, 3.63) is 101 Å². The smallest absolute Gasteiger partial charge is 0.383 e. The number of benzene rings is 1. The van der Waals surface area contributed by atoms with E-state index in [1.165, 1.54) is 25.3 Å². The van der Waals surface area contributed by atoms with E-state index in [1.54, 1.807) is 18.3 Å². The molecule has 4 rings (SSSR count). The van der Waals surface area contributed by atoms with Crippen molar-refractivity contribution in [3.8, 4) is 0 Å². The number of nitrogens with zero attached hydrogens (tertiary/aromatic N) is 3. The van der Waals surface area contributed by atoms with Gasteiger partial charge in [0, 0.05) is 47.7 Å². The van der Waals surface area contributed by atoms with Crippen LogP contribution in [0.3, 0.4) is 0 Å².